The van der Waals surface area contributed by atoms with Gasteiger partial charge in [-0.1, -0.05) is 35.9 Å². The van der Waals surface area contributed by atoms with Gasteiger partial charge in [0.1, 0.15) is 0 Å². The van der Waals surface area contributed by atoms with E-state index in [0.717, 1.165) is 16.1 Å². The first-order valence-corrected chi connectivity index (χ1v) is 10.0. The molecule has 0 heterocycles. The summed E-state index contributed by atoms with van der Waals surface area (Å²) >= 11 is 7.35. The molecule has 0 aliphatic heterocycles. The molecular weight excluding hydrogens is 392 g/mol. The molecule has 0 saturated carbocycles. The number of hydrogen-bond donors (Lipinski definition) is 2. The first-order chi connectivity index (χ1) is 13.5. The van der Waals surface area contributed by atoms with E-state index in [2.05, 4.69) is 10.6 Å². The van der Waals surface area contributed by atoms with E-state index in [4.69, 9.17) is 11.6 Å². The zero-order valence-corrected chi connectivity index (χ0v) is 16.8. The molecule has 0 atom stereocenters. The van der Waals surface area contributed by atoms with Crippen LogP contribution in [0.4, 0.5) is 11.4 Å². The maximum Gasteiger partial charge on any atom is 0.255 e. The molecule has 142 valence electrons. The van der Waals surface area contributed by atoms with Crippen LogP contribution >= 0.6 is 23.4 Å². The van der Waals surface area contributed by atoms with E-state index in [1.807, 2.05) is 55.5 Å². The second-order valence-corrected chi connectivity index (χ2v) is 7.63. The predicted octanol–water partition coefficient (Wildman–Crippen LogP) is 5.63. The van der Waals surface area contributed by atoms with Crippen LogP contribution in [0.3, 0.4) is 0 Å². The molecule has 0 saturated heterocycles. The lowest BCUT2D eigenvalue weighted by atomic mass is 10.2. The zero-order valence-electron chi connectivity index (χ0n) is 15.2. The van der Waals surface area contributed by atoms with Crippen LogP contribution in [-0.4, -0.2) is 17.6 Å². The lowest BCUT2D eigenvalue weighted by molar-refractivity contribution is -0.113. The van der Waals surface area contributed by atoms with E-state index >= 15 is 0 Å². The van der Waals surface area contributed by atoms with E-state index < -0.39 is 0 Å². The van der Waals surface area contributed by atoms with Gasteiger partial charge in [-0.2, -0.15) is 0 Å². The normalized spacial score (nSPS) is 10.4. The van der Waals surface area contributed by atoms with Crippen molar-refractivity contribution in [1.29, 1.82) is 0 Å². The standard InChI is InChI=1S/C22H19ClN2O2S/c1-15-5-2-3-8-20(15)25-21(26)14-28-19-11-9-18(10-12-19)24-22(27)16-6-4-7-17(23)13-16/h2-13H,14H2,1H3,(H,24,27)(H,25,26). The van der Waals surface area contributed by atoms with Gasteiger partial charge in [0.25, 0.3) is 5.91 Å². The summed E-state index contributed by atoms with van der Waals surface area (Å²) in [4.78, 5) is 25.3. The van der Waals surface area contributed by atoms with Crippen LogP contribution in [0.25, 0.3) is 0 Å². The Morgan fingerprint density at radius 2 is 1.68 bits per heavy atom. The highest BCUT2D eigenvalue weighted by molar-refractivity contribution is 8.00. The van der Waals surface area contributed by atoms with E-state index in [1.54, 1.807) is 24.3 Å². The fourth-order valence-electron chi connectivity index (χ4n) is 2.52. The fourth-order valence-corrected chi connectivity index (χ4v) is 3.40. The summed E-state index contributed by atoms with van der Waals surface area (Å²) in [6, 6.07) is 21.8. The van der Waals surface area contributed by atoms with Gasteiger partial charge in [-0.05, 0) is 61.0 Å². The quantitative estimate of drug-likeness (QED) is 0.517. The number of halogens is 1. The number of thioether (sulfide) groups is 1. The third-order valence-corrected chi connectivity index (χ3v) is 5.24. The third kappa shape index (κ3) is 5.62. The number of nitrogens with one attached hydrogen (secondary N) is 2. The Morgan fingerprint density at radius 1 is 0.929 bits per heavy atom. The summed E-state index contributed by atoms with van der Waals surface area (Å²) in [7, 11) is 0. The first-order valence-electron chi connectivity index (χ1n) is 8.66. The smallest absolute Gasteiger partial charge is 0.255 e. The Labute approximate surface area is 173 Å². The predicted molar refractivity (Wildman–Crippen MR) is 116 cm³/mol. The van der Waals surface area contributed by atoms with E-state index in [1.165, 1.54) is 11.8 Å². The van der Waals surface area contributed by atoms with Gasteiger partial charge in [0, 0.05) is 26.9 Å². The van der Waals surface area contributed by atoms with E-state index in [-0.39, 0.29) is 11.8 Å². The van der Waals surface area contributed by atoms with Crippen molar-refractivity contribution < 1.29 is 9.59 Å². The van der Waals surface area contributed by atoms with Crippen molar-refractivity contribution in [3.8, 4) is 0 Å². The fraction of sp³-hybridized carbons (Fsp3) is 0.0909. The molecule has 0 aliphatic rings. The monoisotopic (exact) mass is 410 g/mol. The van der Waals surface area contributed by atoms with Gasteiger partial charge >= 0.3 is 0 Å². The largest absolute Gasteiger partial charge is 0.325 e. The van der Waals surface area contributed by atoms with E-state index in [0.29, 0.717) is 22.0 Å². The second-order valence-electron chi connectivity index (χ2n) is 6.14. The Hall–Kier alpha value is -2.76. The topological polar surface area (TPSA) is 58.2 Å². The van der Waals surface area contributed by atoms with Crippen molar-refractivity contribution in [3.05, 3.63) is 88.9 Å². The van der Waals surface area contributed by atoms with Crippen LogP contribution in [0, 0.1) is 6.92 Å². The average molecular weight is 411 g/mol. The van der Waals surface area contributed by atoms with E-state index in [9.17, 15) is 9.59 Å². The highest BCUT2D eigenvalue weighted by atomic mass is 35.5. The summed E-state index contributed by atoms with van der Waals surface area (Å²) < 4.78 is 0. The number of anilines is 2. The molecule has 3 rings (SSSR count). The Kier molecular flexibility index (Phi) is 6.74. The van der Waals surface area contributed by atoms with Crippen molar-refractivity contribution in [2.75, 3.05) is 16.4 Å². The van der Waals surface area contributed by atoms with Gasteiger partial charge in [-0.3, -0.25) is 9.59 Å². The van der Waals surface area contributed by atoms with Crippen molar-refractivity contribution in [2.45, 2.75) is 11.8 Å². The highest BCUT2D eigenvalue weighted by Crippen LogP contribution is 2.22. The molecule has 4 nitrogen and oxygen atoms in total. The molecule has 0 fully saturated rings. The Balaban J connectivity index is 1.52. The number of benzene rings is 3. The molecule has 28 heavy (non-hydrogen) atoms. The maximum absolute atomic E-state index is 12.2. The Bertz CT molecular complexity index is 990. The molecule has 0 unspecified atom stereocenters. The van der Waals surface area contributed by atoms with Gasteiger partial charge in [0.2, 0.25) is 5.91 Å². The molecule has 0 aromatic heterocycles. The van der Waals surface area contributed by atoms with Crippen LogP contribution in [0.1, 0.15) is 15.9 Å². The zero-order chi connectivity index (χ0) is 19.9. The molecule has 3 aromatic rings. The Morgan fingerprint density at radius 3 is 2.39 bits per heavy atom. The van der Waals surface area contributed by atoms with Crippen LogP contribution < -0.4 is 10.6 Å². The minimum Gasteiger partial charge on any atom is -0.325 e. The van der Waals surface area contributed by atoms with Gasteiger partial charge < -0.3 is 10.6 Å². The number of rotatable bonds is 6. The number of carbonyl (C=O) groups is 2. The maximum atomic E-state index is 12.2. The van der Waals surface area contributed by atoms with Crippen molar-refractivity contribution >= 4 is 46.6 Å². The molecule has 2 N–H and O–H groups in total. The molecule has 0 radical (unpaired) electrons. The number of carbonyl (C=O) groups excluding carboxylic acids is 2. The summed E-state index contributed by atoms with van der Waals surface area (Å²) in [5.74, 6) is 0.0286. The number of hydrogen-bond acceptors (Lipinski definition) is 3. The SMILES string of the molecule is Cc1ccccc1NC(=O)CSc1ccc(NC(=O)c2cccc(Cl)c2)cc1. The van der Waals surface area contributed by atoms with Crippen molar-refractivity contribution in [1.82, 2.24) is 0 Å². The van der Waals surface area contributed by atoms with Gasteiger partial charge in [-0.15, -0.1) is 11.8 Å². The first kappa shape index (κ1) is 20.0. The summed E-state index contributed by atoms with van der Waals surface area (Å²) in [6.45, 7) is 1.96. The molecule has 0 aliphatic carbocycles. The molecule has 0 bridgehead atoms. The summed E-state index contributed by atoms with van der Waals surface area (Å²) in [6.07, 6.45) is 0. The lowest BCUT2D eigenvalue weighted by Crippen LogP contribution is -2.14. The second kappa shape index (κ2) is 9.44. The molecular formula is C22H19ClN2O2S. The molecule has 2 amide bonds. The average Bonchev–Trinajstić information content (AvgIpc) is 2.69. The molecule has 6 heteroatoms. The molecule has 3 aromatic carbocycles. The molecule has 0 spiro atoms. The number of para-hydroxylation sites is 1. The van der Waals surface area contributed by atoms with Crippen LogP contribution in [0.15, 0.2) is 77.7 Å². The third-order valence-electron chi connectivity index (χ3n) is 3.99. The van der Waals surface area contributed by atoms with Crippen molar-refractivity contribution in [3.63, 3.8) is 0 Å². The summed E-state index contributed by atoms with van der Waals surface area (Å²) in [5, 5.41) is 6.26. The van der Waals surface area contributed by atoms with Crippen LogP contribution in [0.5, 0.6) is 0 Å². The van der Waals surface area contributed by atoms with Gasteiger partial charge in [0.15, 0.2) is 0 Å². The van der Waals surface area contributed by atoms with Crippen LogP contribution in [-0.2, 0) is 4.79 Å². The van der Waals surface area contributed by atoms with Crippen molar-refractivity contribution in [2.24, 2.45) is 0 Å². The number of aryl methyl sites for hydroxylation is 1. The van der Waals surface area contributed by atoms with Gasteiger partial charge in [0.05, 0.1) is 5.75 Å². The van der Waals surface area contributed by atoms with Crippen LogP contribution in [0.2, 0.25) is 5.02 Å². The minimum atomic E-state index is -0.222. The highest BCUT2D eigenvalue weighted by Gasteiger charge is 2.08. The summed E-state index contributed by atoms with van der Waals surface area (Å²) in [5.41, 5.74) is 3.03. The van der Waals surface area contributed by atoms with Gasteiger partial charge in [-0.25, -0.2) is 0 Å². The minimum absolute atomic E-state index is 0.0577. The lowest BCUT2D eigenvalue weighted by Gasteiger charge is -2.09. The number of amides is 2.